The van der Waals surface area contributed by atoms with Gasteiger partial charge in [0, 0.05) is 24.1 Å². The van der Waals surface area contributed by atoms with Gasteiger partial charge in [-0.15, -0.1) is 11.3 Å². The number of hydrogen-bond acceptors (Lipinski definition) is 5. The van der Waals surface area contributed by atoms with Crippen molar-refractivity contribution in [1.29, 1.82) is 0 Å². The second-order valence-electron chi connectivity index (χ2n) is 10.7. The molecule has 0 radical (unpaired) electrons. The van der Waals surface area contributed by atoms with Gasteiger partial charge in [-0.2, -0.15) is 0 Å². The van der Waals surface area contributed by atoms with Gasteiger partial charge in [0.25, 0.3) is 0 Å². The molecule has 1 amide bonds. The van der Waals surface area contributed by atoms with Crippen molar-refractivity contribution >= 4 is 33.3 Å². The fourth-order valence-electron chi connectivity index (χ4n) is 4.79. The monoisotopic (exact) mass is 455 g/mol. The minimum Gasteiger partial charge on any atom is -0.443 e. The van der Waals surface area contributed by atoms with Crippen LogP contribution in [-0.4, -0.2) is 53.2 Å². The Bertz CT molecular complexity index is 996. The quantitative estimate of drug-likeness (QED) is 0.530. The molecule has 0 N–H and O–H groups in total. The number of benzene rings is 1. The number of rotatable bonds is 3. The summed E-state index contributed by atoms with van der Waals surface area (Å²) in [5, 5.41) is 1.27. The molecule has 2 aromatic rings. The van der Waals surface area contributed by atoms with Crippen LogP contribution in [0.4, 0.5) is 4.79 Å². The molecule has 2 aliphatic rings. The van der Waals surface area contributed by atoms with E-state index in [1.165, 1.54) is 35.4 Å². The molecule has 1 saturated carbocycles. The molecule has 1 aliphatic carbocycles. The SMILES string of the molecule is C[C@H]1CC=C(c2ccc3sc(C4CCC(N(C)C)CC4)nc3c2)N(C(=O)OC(C)(C)C)C1. The van der Waals surface area contributed by atoms with E-state index in [0.29, 0.717) is 24.4 Å². The van der Waals surface area contributed by atoms with Crippen molar-refractivity contribution in [3.63, 3.8) is 0 Å². The highest BCUT2D eigenvalue weighted by atomic mass is 32.1. The first-order chi connectivity index (χ1) is 15.1. The Kier molecular flexibility index (Phi) is 6.64. The van der Waals surface area contributed by atoms with E-state index in [0.717, 1.165) is 23.2 Å². The summed E-state index contributed by atoms with van der Waals surface area (Å²) < 4.78 is 6.93. The van der Waals surface area contributed by atoms with Gasteiger partial charge < -0.3 is 9.64 Å². The van der Waals surface area contributed by atoms with E-state index in [-0.39, 0.29) is 6.09 Å². The Morgan fingerprint density at radius 1 is 1.19 bits per heavy atom. The van der Waals surface area contributed by atoms with Gasteiger partial charge in [-0.1, -0.05) is 19.1 Å². The third kappa shape index (κ3) is 5.18. The highest BCUT2D eigenvalue weighted by Gasteiger charge is 2.30. The highest BCUT2D eigenvalue weighted by Crippen LogP contribution is 2.39. The Hall–Kier alpha value is -1.92. The van der Waals surface area contributed by atoms with Crippen LogP contribution in [0.15, 0.2) is 24.3 Å². The number of aromatic nitrogens is 1. The number of thiazole rings is 1. The lowest BCUT2D eigenvalue weighted by molar-refractivity contribution is 0.0327. The molecule has 0 spiro atoms. The molecule has 4 rings (SSSR count). The third-order valence-electron chi connectivity index (χ3n) is 6.59. The van der Waals surface area contributed by atoms with Gasteiger partial charge in [0.05, 0.1) is 20.9 Å². The number of carbonyl (C=O) groups excluding carboxylic acids is 1. The molecular formula is C26H37N3O2S. The lowest BCUT2D eigenvalue weighted by Gasteiger charge is -2.33. The van der Waals surface area contributed by atoms with Gasteiger partial charge in [0.2, 0.25) is 0 Å². The van der Waals surface area contributed by atoms with Crippen LogP contribution in [0.1, 0.15) is 76.3 Å². The van der Waals surface area contributed by atoms with Crippen LogP contribution < -0.4 is 0 Å². The summed E-state index contributed by atoms with van der Waals surface area (Å²) in [7, 11) is 4.37. The predicted octanol–water partition coefficient (Wildman–Crippen LogP) is 6.50. The first-order valence-corrected chi connectivity index (χ1v) is 12.7. The number of fused-ring (bicyclic) bond motifs is 1. The number of allylic oxidation sites excluding steroid dienone is 1. The van der Waals surface area contributed by atoms with Crippen LogP contribution in [0.5, 0.6) is 0 Å². The van der Waals surface area contributed by atoms with Gasteiger partial charge in [0.15, 0.2) is 0 Å². The zero-order valence-electron chi connectivity index (χ0n) is 20.4. The maximum atomic E-state index is 12.9. The average molecular weight is 456 g/mol. The van der Waals surface area contributed by atoms with Crippen molar-refractivity contribution in [2.24, 2.45) is 5.92 Å². The Balaban J connectivity index is 1.57. The van der Waals surface area contributed by atoms with E-state index in [4.69, 9.17) is 9.72 Å². The molecule has 0 unspecified atom stereocenters. The van der Waals surface area contributed by atoms with E-state index >= 15 is 0 Å². The lowest BCUT2D eigenvalue weighted by Crippen LogP contribution is -2.39. The molecular weight excluding hydrogens is 418 g/mol. The van der Waals surface area contributed by atoms with Crippen LogP contribution >= 0.6 is 11.3 Å². The molecule has 1 aliphatic heterocycles. The fourth-order valence-corrected chi connectivity index (χ4v) is 5.91. The minimum absolute atomic E-state index is 0.271. The van der Waals surface area contributed by atoms with E-state index in [1.54, 1.807) is 4.90 Å². The Morgan fingerprint density at radius 3 is 2.56 bits per heavy atom. The molecule has 1 atom stereocenters. The summed E-state index contributed by atoms with van der Waals surface area (Å²) in [4.78, 5) is 22.1. The summed E-state index contributed by atoms with van der Waals surface area (Å²) in [6.45, 7) is 8.59. The summed E-state index contributed by atoms with van der Waals surface area (Å²) >= 11 is 1.83. The third-order valence-corrected chi connectivity index (χ3v) is 7.79. The van der Waals surface area contributed by atoms with Crippen molar-refractivity contribution in [2.45, 2.75) is 77.4 Å². The number of ether oxygens (including phenoxy) is 1. The van der Waals surface area contributed by atoms with E-state index in [2.05, 4.69) is 50.2 Å². The van der Waals surface area contributed by atoms with Gasteiger partial charge >= 0.3 is 6.09 Å². The topological polar surface area (TPSA) is 45.7 Å². The van der Waals surface area contributed by atoms with Crippen LogP contribution in [-0.2, 0) is 4.74 Å². The van der Waals surface area contributed by atoms with Crippen molar-refractivity contribution in [2.75, 3.05) is 20.6 Å². The fraction of sp³-hybridized carbons (Fsp3) is 0.615. The molecule has 1 aromatic carbocycles. The van der Waals surface area contributed by atoms with Gasteiger partial charge in [-0.25, -0.2) is 9.78 Å². The standard InChI is InChI=1S/C26H37N3O2S/c1-17-7-13-22(29(16-17)25(30)31-26(2,3)4)19-10-14-23-21(15-19)27-24(32-23)18-8-11-20(12-9-18)28(5)6/h10,13-15,17-18,20H,7-9,11-12,16H2,1-6H3/t17-,18?,20?/m0/s1. The first-order valence-electron chi connectivity index (χ1n) is 11.9. The largest absolute Gasteiger partial charge is 0.443 e. The van der Waals surface area contributed by atoms with Gasteiger partial charge in [0.1, 0.15) is 5.60 Å². The van der Waals surface area contributed by atoms with Crippen LogP contribution in [0, 0.1) is 5.92 Å². The molecule has 6 heteroatoms. The maximum absolute atomic E-state index is 12.9. The number of amides is 1. The first kappa shape index (κ1) is 23.2. The number of hydrogen-bond donors (Lipinski definition) is 0. The molecule has 5 nitrogen and oxygen atoms in total. The smallest absolute Gasteiger partial charge is 0.414 e. The van der Waals surface area contributed by atoms with Gasteiger partial charge in [-0.3, -0.25) is 4.90 Å². The van der Waals surface area contributed by atoms with Crippen LogP contribution in [0.3, 0.4) is 0 Å². The Labute approximate surface area is 196 Å². The molecule has 174 valence electrons. The molecule has 2 heterocycles. The van der Waals surface area contributed by atoms with E-state index < -0.39 is 5.60 Å². The molecule has 1 fully saturated rings. The maximum Gasteiger partial charge on any atom is 0.414 e. The zero-order valence-corrected chi connectivity index (χ0v) is 21.2. The molecule has 0 saturated heterocycles. The zero-order chi connectivity index (χ0) is 23.0. The summed E-state index contributed by atoms with van der Waals surface area (Å²) in [5.41, 5.74) is 2.52. The summed E-state index contributed by atoms with van der Waals surface area (Å²) in [6.07, 6.45) is 7.78. The second kappa shape index (κ2) is 9.14. The van der Waals surface area contributed by atoms with Crippen molar-refractivity contribution in [3.8, 4) is 0 Å². The van der Waals surface area contributed by atoms with Crippen molar-refractivity contribution < 1.29 is 9.53 Å². The van der Waals surface area contributed by atoms with E-state index in [9.17, 15) is 4.79 Å². The van der Waals surface area contributed by atoms with Crippen LogP contribution in [0.25, 0.3) is 15.9 Å². The average Bonchev–Trinajstić information content (AvgIpc) is 3.16. The lowest BCUT2D eigenvalue weighted by atomic mass is 9.86. The predicted molar refractivity (Wildman–Crippen MR) is 133 cm³/mol. The van der Waals surface area contributed by atoms with Crippen molar-refractivity contribution in [1.82, 2.24) is 14.8 Å². The second-order valence-corrected chi connectivity index (χ2v) is 11.8. The Morgan fingerprint density at radius 2 is 1.91 bits per heavy atom. The highest BCUT2D eigenvalue weighted by molar-refractivity contribution is 7.18. The van der Waals surface area contributed by atoms with Crippen LogP contribution in [0.2, 0.25) is 0 Å². The minimum atomic E-state index is -0.512. The molecule has 0 bridgehead atoms. The molecule has 32 heavy (non-hydrogen) atoms. The van der Waals surface area contributed by atoms with Gasteiger partial charge in [-0.05, 0) is 85.0 Å². The molecule has 1 aromatic heterocycles. The normalized spacial score (nSPS) is 24.7. The van der Waals surface area contributed by atoms with Crippen molar-refractivity contribution in [3.05, 3.63) is 34.8 Å². The summed E-state index contributed by atoms with van der Waals surface area (Å²) in [5.74, 6) is 0.984. The summed E-state index contributed by atoms with van der Waals surface area (Å²) in [6, 6.07) is 7.15. The van der Waals surface area contributed by atoms with E-state index in [1.807, 2.05) is 32.1 Å². The number of carbonyl (C=O) groups is 1. The number of nitrogens with zero attached hydrogens (tertiary/aromatic N) is 3.